The Morgan fingerprint density at radius 1 is 1.18 bits per heavy atom. The van der Waals surface area contributed by atoms with E-state index in [1.54, 1.807) is 0 Å². The zero-order valence-corrected chi connectivity index (χ0v) is 9.83. The standard InChI is InChI=1S/C13H18F2N2/c14-10-4-5-12(15)11(8-10)13(9-16)17-6-2-1-3-7-17/h4-5,8,13H,1-3,6-7,9,16H2/t13-/m1/s1. The second-order valence-corrected chi connectivity index (χ2v) is 4.51. The molecule has 0 aliphatic carbocycles. The minimum absolute atomic E-state index is 0.203. The molecule has 1 aliphatic rings. The van der Waals surface area contributed by atoms with Crippen LogP contribution in [0.15, 0.2) is 18.2 Å². The maximum atomic E-state index is 13.7. The lowest BCUT2D eigenvalue weighted by atomic mass is 10.0. The van der Waals surface area contributed by atoms with Crippen molar-refractivity contribution in [1.82, 2.24) is 4.90 Å². The highest BCUT2D eigenvalue weighted by Crippen LogP contribution is 2.26. The molecule has 2 nitrogen and oxygen atoms in total. The molecule has 1 aliphatic heterocycles. The van der Waals surface area contributed by atoms with Crippen LogP contribution in [0.25, 0.3) is 0 Å². The summed E-state index contributed by atoms with van der Waals surface area (Å²) in [6.45, 7) is 2.15. The first-order chi connectivity index (χ1) is 8.22. The Morgan fingerprint density at radius 3 is 2.53 bits per heavy atom. The van der Waals surface area contributed by atoms with Crippen LogP contribution in [-0.2, 0) is 0 Å². The highest BCUT2D eigenvalue weighted by Gasteiger charge is 2.23. The van der Waals surface area contributed by atoms with Gasteiger partial charge in [-0.2, -0.15) is 0 Å². The second-order valence-electron chi connectivity index (χ2n) is 4.51. The monoisotopic (exact) mass is 240 g/mol. The SMILES string of the molecule is NC[C@H](c1cc(F)ccc1F)N1CCCCC1. The van der Waals surface area contributed by atoms with E-state index in [0.717, 1.165) is 32.0 Å². The summed E-state index contributed by atoms with van der Waals surface area (Å²) < 4.78 is 26.9. The number of hydrogen-bond donors (Lipinski definition) is 1. The molecule has 2 rings (SSSR count). The minimum atomic E-state index is -0.406. The first-order valence-corrected chi connectivity index (χ1v) is 6.11. The number of likely N-dealkylation sites (tertiary alicyclic amines) is 1. The Labute approximate surface area is 100 Å². The number of nitrogens with two attached hydrogens (primary N) is 1. The van der Waals surface area contributed by atoms with Gasteiger partial charge >= 0.3 is 0 Å². The van der Waals surface area contributed by atoms with E-state index in [1.807, 2.05) is 0 Å². The van der Waals surface area contributed by atoms with E-state index in [4.69, 9.17) is 5.73 Å². The molecule has 1 heterocycles. The predicted molar refractivity (Wildman–Crippen MR) is 63.6 cm³/mol. The molecule has 1 aromatic rings. The average Bonchev–Trinajstić information content (AvgIpc) is 2.36. The molecule has 1 aromatic carbocycles. The third kappa shape index (κ3) is 2.82. The molecular weight excluding hydrogens is 222 g/mol. The third-order valence-electron chi connectivity index (χ3n) is 3.37. The van der Waals surface area contributed by atoms with E-state index in [-0.39, 0.29) is 11.9 Å². The van der Waals surface area contributed by atoms with Gasteiger partial charge in [0.15, 0.2) is 0 Å². The van der Waals surface area contributed by atoms with Gasteiger partial charge in [-0.15, -0.1) is 0 Å². The Balaban J connectivity index is 2.24. The van der Waals surface area contributed by atoms with Gasteiger partial charge in [0.25, 0.3) is 0 Å². The van der Waals surface area contributed by atoms with Crippen LogP contribution in [0.2, 0.25) is 0 Å². The van der Waals surface area contributed by atoms with Crippen LogP contribution < -0.4 is 5.73 Å². The van der Waals surface area contributed by atoms with Crippen molar-refractivity contribution in [2.24, 2.45) is 5.73 Å². The number of nitrogens with zero attached hydrogens (tertiary/aromatic N) is 1. The van der Waals surface area contributed by atoms with Gasteiger partial charge in [0, 0.05) is 18.2 Å². The summed E-state index contributed by atoms with van der Waals surface area (Å²) in [5.41, 5.74) is 6.11. The topological polar surface area (TPSA) is 29.3 Å². The maximum absolute atomic E-state index is 13.7. The summed E-state index contributed by atoms with van der Waals surface area (Å²) in [5.74, 6) is -0.774. The van der Waals surface area contributed by atoms with Crippen LogP contribution in [0.3, 0.4) is 0 Å². The zero-order chi connectivity index (χ0) is 12.3. The Hall–Kier alpha value is -1.00. The first kappa shape index (κ1) is 12.5. The quantitative estimate of drug-likeness (QED) is 0.879. The van der Waals surface area contributed by atoms with Crippen molar-refractivity contribution in [1.29, 1.82) is 0 Å². The van der Waals surface area contributed by atoms with Gasteiger partial charge in [-0.3, -0.25) is 4.90 Å². The Bertz CT molecular complexity index is 376. The van der Waals surface area contributed by atoms with Gasteiger partial charge < -0.3 is 5.73 Å². The van der Waals surface area contributed by atoms with E-state index in [1.165, 1.54) is 18.6 Å². The summed E-state index contributed by atoms with van der Waals surface area (Å²) >= 11 is 0. The van der Waals surface area contributed by atoms with Crippen LogP contribution in [0.5, 0.6) is 0 Å². The van der Waals surface area contributed by atoms with Gasteiger partial charge in [-0.05, 0) is 44.1 Å². The minimum Gasteiger partial charge on any atom is -0.329 e. The molecule has 0 radical (unpaired) electrons. The van der Waals surface area contributed by atoms with Crippen molar-refractivity contribution in [3.05, 3.63) is 35.4 Å². The van der Waals surface area contributed by atoms with E-state index < -0.39 is 5.82 Å². The van der Waals surface area contributed by atoms with E-state index in [2.05, 4.69) is 4.90 Å². The van der Waals surface area contributed by atoms with Gasteiger partial charge in [-0.1, -0.05) is 6.42 Å². The van der Waals surface area contributed by atoms with Crippen LogP contribution >= 0.6 is 0 Å². The summed E-state index contributed by atoms with van der Waals surface area (Å²) in [6, 6.07) is 3.38. The molecule has 2 N–H and O–H groups in total. The maximum Gasteiger partial charge on any atom is 0.128 e. The molecule has 0 saturated carbocycles. The van der Waals surface area contributed by atoms with Crippen molar-refractivity contribution >= 4 is 0 Å². The largest absolute Gasteiger partial charge is 0.329 e. The lowest BCUT2D eigenvalue weighted by Crippen LogP contribution is -2.38. The van der Waals surface area contributed by atoms with E-state index in [9.17, 15) is 8.78 Å². The van der Waals surface area contributed by atoms with Crippen LogP contribution in [0.1, 0.15) is 30.9 Å². The third-order valence-corrected chi connectivity index (χ3v) is 3.37. The zero-order valence-electron chi connectivity index (χ0n) is 9.83. The summed E-state index contributed by atoms with van der Waals surface area (Å²) in [6.07, 6.45) is 3.42. The number of benzene rings is 1. The lowest BCUT2D eigenvalue weighted by molar-refractivity contribution is 0.164. The van der Waals surface area contributed by atoms with Crippen molar-refractivity contribution in [2.45, 2.75) is 25.3 Å². The fourth-order valence-electron chi connectivity index (χ4n) is 2.47. The van der Waals surface area contributed by atoms with Crippen LogP contribution in [0, 0.1) is 11.6 Å². The predicted octanol–water partition coefficient (Wildman–Crippen LogP) is 2.45. The molecular formula is C13H18F2N2. The van der Waals surface area contributed by atoms with Gasteiger partial charge in [0.2, 0.25) is 0 Å². The van der Waals surface area contributed by atoms with E-state index >= 15 is 0 Å². The normalized spacial score (nSPS) is 19.2. The number of halogens is 2. The van der Waals surface area contributed by atoms with Gasteiger partial charge in [0.05, 0.1) is 0 Å². The van der Waals surface area contributed by atoms with Gasteiger partial charge in [0.1, 0.15) is 11.6 Å². The van der Waals surface area contributed by atoms with Crippen LogP contribution in [-0.4, -0.2) is 24.5 Å². The highest BCUT2D eigenvalue weighted by molar-refractivity contribution is 5.23. The summed E-state index contributed by atoms with van der Waals surface area (Å²) in [5, 5.41) is 0. The molecule has 4 heteroatoms. The smallest absolute Gasteiger partial charge is 0.128 e. The van der Waals surface area contributed by atoms with Crippen molar-refractivity contribution in [3.63, 3.8) is 0 Å². The molecule has 1 fully saturated rings. The molecule has 1 atom stereocenters. The van der Waals surface area contributed by atoms with Crippen molar-refractivity contribution in [3.8, 4) is 0 Å². The Morgan fingerprint density at radius 2 is 1.88 bits per heavy atom. The molecule has 94 valence electrons. The highest BCUT2D eigenvalue weighted by atomic mass is 19.1. The summed E-state index contributed by atoms with van der Waals surface area (Å²) in [7, 11) is 0. The molecule has 0 unspecified atom stereocenters. The second kappa shape index (κ2) is 5.56. The average molecular weight is 240 g/mol. The number of hydrogen-bond acceptors (Lipinski definition) is 2. The lowest BCUT2D eigenvalue weighted by Gasteiger charge is -2.34. The fourth-order valence-corrected chi connectivity index (χ4v) is 2.47. The Kier molecular flexibility index (Phi) is 4.07. The first-order valence-electron chi connectivity index (χ1n) is 6.11. The number of rotatable bonds is 3. The van der Waals surface area contributed by atoms with Crippen molar-refractivity contribution in [2.75, 3.05) is 19.6 Å². The van der Waals surface area contributed by atoms with Gasteiger partial charge in [-0.25, -0.2) is 8.78 Å². The van der Waals surface area contributed by atoms with E-state index in [0.29, 0.717) is 12.1 Å². The summed E-state index contributed by atoms with van der Waals surface area (Å²) in [4.78, 5) is 2.15. The molecule has 0 bridgehead atoms. The molecule has 0 amide bonds. The van der Waals surface area contributed by atoms with Crippen LogP contribution in [0.4, 0.5) is 8.78 Å². The van der Waals surface area contributed by atoms with Crippen molar-refractivity contribution < 1.29 is 8.78 Å². The molecule has 0 spiro atoms. The number of piperidine rings is 1. The molecule has 17 heavy (non-hydrogen) atoms. The molecule has 0 aromatic heterocycles. The fraction of sp³-hybridized carbons (Fsp3) is 0.538. The molecule has 1 saturated heterocycles.